The van der Waals surface area contributed by atoms with E-state index >= 15 is 0 Å². The Bertz CT molecular complexity index is 242. The van der Waals surface area contributed by atoms with E-state index in [4.69, 9.17) is 22.1 Å². The summed E-state index contributed by atoms with van der Waals surface area (Å²) in [4.78, 5) is 0. The van der Waals surface area contributed by atoms with Gasteiger partial charge in [0.2, 0.25) is 0 Å². The van der Waals surface area contributed by atoms with Crippen LogP contribution in [0, 0.1) is 6.92 Å². The number of hydrogen-bond acceptors (Lipinski definition) is 2. The molecule has 0 fully saturated rings. The SMILES string of the molecule is Cc1cc(Cl)cc(OCCN)c1. The monoisotopic (exact) mass is 185 g/mol. The fraction of sp³-hybridized carbons (Fsp3) is 0.333. The molecule has 1 aromatic rings. The maximum Gasteiger partial charge on any atom is 0.121 e. The van der Waals surface area contributed by atoms with Crippen molar-refractivity contribution in [2.45, 2.75) is 6.92 Å². The first-order chi connectivity index (χ1) is 5.72. The van der Waals surface area contributed by atoms with Crippen molar-refractivity contribution in [3.8, 4) is 5.75 Å². The van der Waals surface area contributed by atoms with Gasteiger partial charge < -0.3 is 10.5 Å². The van der Waals surface area contributed by atoms with Crippen molar-refractivity contribution in [3.05, 3.63) is 28.8 Å². The molecule has 2 N–H and O–H groups in total. The summed E-state index contributed by atoms with van der Waals surface area (Å²) in [5.74, 6) is 0.783. The van der Waals surface area contributed by atoms with Crippen LogP contribution in [0.5, 0.6) is 5.75 Å². The molecule has 0 aliphatic carbocycles. The predicted octanol–water partition coefficient (Wildman–Crippen LogP) is 1.99. The van der Waals surface area contributed by atoms with Crippen LogP contribution in [0.15, 0.2) is 18.2 Å². The van der Waals surface area contributed by atoms with Gasteiger partial charge in [0.1, 0.15) is 12.4 Å². The van der Waals surface area contributed by atoms with Crippen molar-refractivity contribution >= 4 is 11.6 Å². The molecule has 0 aromatic heterocycles. The summed E-state index contributed by atoms with van der Waals surface area (Å²) in [5.41, 5.74) is 6.39. The van der Waals surface area contributed by atoms with Gasteiger partial charge in [-0.25, -0.2) is 0 Å². The van der Waals surface area contributed by atoms with Gasteiger partial charge in [0.15, 0.2) is 0 Å². The molecule has 0 heterocycles. The number of ether oxygens (including phenoxy) is 1. The molecule has 3 heteroatoms. The molecule has 0 aliphatic rings. The van der Waals surface area contributed by atoms with Crippen molar-refractivity contribution in [1.29, 1.82) is 0 Å². The Hall–Kier alpha value is -0.730. The molecule has 1 aromatic carbocycles. The van der Waals surface area contributed by atoms with E-state index < -0.39 is 0 Å². The highest BCUT2D eigenvalue weighted by Crippen LogP contribution is 2.20. The summed E-state index contributed by atoms with van der Waals surface area (Å²) >= 11 is 5.82. The zero-order valence-electron chi connectivity index (χ0n) is 7.01. The molecule has 0 amide bonds. The number of halogens is 1. The van der Waals surface area contributed by atoms with Crippen molar-refractivity contribution in [2.75, 3.05) is 13.2 Å². The van der Waals surface area contributed by atoms with E-state index in [0.717, 1.165) is 11.3 Å². The molecule has 12 heavy (non-hydrogen) atoms. The average molecular weight is 186 g/mol. The zero-order chi connectivity index (χ0) is 8.97. The van der Waals surface area contributed by atoms with Crippen LogP contribution >= 0.6 is 11.6 Å². The van der Waals surface area contributed by atoms with Gasteiger partial charge in [-0.1, -0.05) is 11.6 Å². The van der Waals surface area contributed by atoms with Crippen LogP contribution in [0.25, 0.3) is 0 Å². The quantitative estimate of drug-likeness (QED) is 0.782. The lowest BCUT2D eigenvalue weighted by Gasteiger charge is -2.05. The highest BCUT2D eigenvalue weighted by Gasteiger charge is 1.96. The summed E-state index contributed by atoms with van der Waals surface area (Å²) in [6.07, 6.45) is 0. The Morgan fingerprint density at radius 2 is 2.17 bits per heavy atom. The fourth-order valence-electron chi connectivity index (χ4n) is 0.963. The van der Waals surface area contributed by atoms with Gasteiger partial charge in [-0.15, -0.1) is 0 Å². The van der Waals surface area contributed by atoms with Crippen LogP contribution in [0.1, 0.15) is 5.56 Å². The fourth-order valence-corrected chi connectivity index (χ4v) is 1.24. The van der Waals surface area contributed by atoms with Crippen molar-refractivity contribution in [2.24, 2.45) is 5.73 Å². The zero-order valence-corrected chi connectivity index (χ0v) is 7.77. The van der Waals surface area contributed by atoms with Crippen LogP contribution in [-0.2, 0) is 0 Å². The van der Waals surface area contributed by atoms with Crippen LogP contribution in [0.4, 0.5) is 0 Å². The predicted molar refractivity (Wildman–Crippen MR) is 50.7 cm³/mol. The summed E-state index contributed by atoms with van der Waals surface area (Å²) in [6.45, 7) is 3.02. The highest BCUT2D eigenvalue weighted by molar-refractivity contribution is 6.30. The molecule has 0 bridgehead atoms. The first-order valence-corrected chi connectivity index (χ1v) is 4.20. The van der Waals surface area contributed by atoms with Gasteiger partial charge in [-0.3, -0.25) is 0 Å². The van der Waals surface area contributed by atoms with Gasteiger partial charge in [0.05, 0.1) is 0 Å². The van der Waals surface area contributed by atoms with E-state index in [2.05, 4.69) is 0 Å². The van der Waals surface area contributed by atoms with E-state index in [1.807, 2.05) is 19.1 Å². The van der Waals surface area contributed by atoms with E-state index in [-0.39, 0.29) is 0 Å². The second kappa shape index (κ2) is 4.33. The summed E-state index contributed by atoms with van der Waals surface area (Å²) < 4.78 is 5.31. The smallest absolute Gasteiger partial charge is 0.121 e. The molecule has 2 nitrogen and oxygen atoms in total. The average Bonchev–Trinajstić information content (AvgIpc) is 1.99. The third-order valence-corrected chi connectivity index (χ3v) is 1.62. The van der Waals surface area contributed by atoms with E-state index in [9.17, 15) is 0 Å². The summed E-state index contributed by atoms with van der Waals surface area (Å²) in [7, 11) is 0. The van der Waals surface area contributed by atoms with Crippen LogP contribution in [0.2, 0.25) is 5.02 Å². The Balaban J connectivity index is 2.72. The van der Waals surface area contributed by atoms with Gasteiger partial charge in [0.25, 0.3) is 0 Å². The lowest BCUT2D eigenvalue weighted by molar-refractivity contribution is 0.328. The van der Waals surface area contributed by atoms with Gasteiger partial charge in [0, 0.05) is 11.6 Å². The number of rotatable bonds is 3. The number of nitrogens with two attached hydrogens (primary N) is 1. The van der Waals surface area contributed by atoms with Crippen LogP contribution in [0.3, 0.4) is 0 Å². The maximum absolute atomic E-state index is 5.82. The number of hydrogen-bond donors (Lipinski definition) is 1. The Kier molecular flexibility index (Phi) is 3.38. The molecular formula is C9H12ClNO. The van der Waals surface area contributed by atoms with E-state index in [0.29, 0.717) is 18.2 Å². The van der Waals surface area contributed by atoms with Gasteiger partial charge >= 0.3 is 0 Å². The van der Waals surface area contributed by atoms with Crippen LogP contribution in [-0.4, -0.2) is 13.2 Å². The molecule has 0 atom stereocenters. The minimum atomic E-state index is 0.519. The topological polar surface area (TPSA) is 35.2 Å². The Morgan fingerprint density at radius 1 is 1.42 bits per heavy atom. The minimum Gasteiger partial charge on any atom is -0.492 e. The third kappa shape index (κ3) is 2.72. The lowest BCUT2D eigenvalue weighted by Crippen LogP contribution is -2.10. The first-order valence-electron chi connectivity index (χ1n) is 3.82. The minimum absolute atomic E-state index is 0.519. The molecule has 66 valence electrons. The van der Waals surface area contributed by atoms with E-state index in [1.54, 1.807) is 6.07 Å². The second-order valence-corrected chi connectivity index (χ2v) is 3.04. The van der Waals surface area contributed by atoms with Gasteiger partial charge in [-0.05, 0) is 30.7 Å². The summed E-state index contributed by atoms with van der Waals surface area (Å²) in [6, 6.07) is 5.60. The third-order valence-electron chi connectivity index (χ3n) is 1.40. The number of benzene rings is 1. The molecular weight excluding hydrogens is 174 g/mol. The molecule has 0 saturated heterocycles. The van der Waals surface area contributed by atoms with Gasteiger partial charge in [-0.2, -0.15) is 0 Å². The lowest BCUT2D eigenvalue weighted by atomic mass is 10.2. The molecule has 0 saturated carbocycles. The Morgan fingerprint density at radius 3 is 2.75 bits per heavy atom. The second-order valence-electron chi connectivity index (χ2n) is 2.60. The standard InChI is InChI=1S/C9H12ClNO/c1-7-4-8(10)6-9(5-7)12-3-2-11/h4-6H,2-3,11H2,1H3. The maximum atomic E-state index is 5.82. The first kappa shape index (κ1) is 9.36. The van der Waals surface area contributed by atoms with E-state index in [1.165, 1.54) is 0 Å². The highest BCUT2D eigenvalue weighted by atomic mass is 35.5. The molecule has 0 unspecified atom stereocenters. The van der Waals surface area contributed by atoms with Crippen molar-refractivity contribution in [1.82, 2.24) is 0 Å². The molecule has 1 rings (SSSR count). The van der Waals surface area contributed by atoms with Crippen molar-refractivity contribution in [3.63, 3.8) is 0 Å². The summed E-state index contributed by atoms with van der Waals surface area (Å²) in [5, 5.41) is 0.696. The number of aryl methyl sites for hydroxylation is 1. The van der Waals surface area contributed by atoms with Crippen LogP contribution < -0.4 is 10.5 Å². The molecule has 0 radical (unpaired) electrons. The molecule has 0 spiro atoms. The Labute approximate surface area is 77.3 Å². The molecule has 0 aliphatic heterocycles. The normalized spacial score (nSPS) is 9.92. The van der Waals surface area contributed by atoms with Crippen molar-refractivity contribution < 1.29 is 4.74 Å². The largest absolute Gasteiger partial charge is 0.492 e.